The number of rotatable bonds is 9. The summed E-state index contributed by atoms with van der Waals surface area (Å²) in [5.41, 5.74) is 8.11. The van der Waals surface area contributed by atoms with Crippen LogP contribution in [-0.4, -0.2) is 33.2 Å². The summed E-state index contributed by atoms with van der Waals surface area (Å²) in [5, 5.41) is 2.91. The molecule has 0 fully saturated rings. The summed E-state index contributed by atoms with van der Waals surface area (Å²) in [4.78, 5) is 12.6. The van der Waals surface area contributed by atoms with Crippen molar-refractivity contribution in [2.24, 2.45) is 5.73 Å². The number of carbonyl (C=O) groups is 1. The number of benzene rings is 2. The van der Waals surface area contributed by atoms with Gasteiger partial charge in [0.15, 0.2) is 0 Å². The normalized spacial score (nSPS) is 10.5. The van der Waals surface area contributed by atoms with Crippen molar-refractivity contribution in [2.45, 2.75) is 19.3 Å². The summed E-state index contributed by atoms with van der Waals surface area (Å²) >= 11 is 3.50. The second-order valence-electron chi connectivity index (χ2n) is 5.85. The third-order valence-electron chi connectivity index (χ3n) is 4.13. The van der Waals surface area contributed by atoms with E-state index in [9.17, 15) is 4.79 Å². The molecule has 0 radical (unpaired) electrons. The predicted molar refractivity (Wildman–Crippen MR) is 107 cm³/mol. The van der Waals surface area contributed by atoms with Crippen molar-refractivity contribution in [2.75, 3.05) is 27.3 Å². The van der Waals surface area contributed by atoms with Crippen molar-refractivity contribution in [1.29, 1.82) is 0 Å². The topological polar surface area (TPSA) is 73.6 Å². The number of ether oxygens (including phenoxy) is 2. The van der Waals surface area contributed by atoms with Gasteiger partial charge >= 0.3 is 0 Å². The number of nitrogens with two attached hydrogens (primary N) is 1. The third kappa shape index (κ3) is 5.22. The maximum atomic E-state index is 12.6. The van der Waals surface area contributed by atoms with E-state index in [1.807, 2.05) is 30.3 Å². The van der Waals surface area contributed by atoms with E-state index in [2.05, 4.69) is 21.2 Å². The molecule has 2 aromatic rings. The van der Waals surface area contributed by atoms with E-state index in [1.54, 1.807) is 20.3 Å². The SMILES string of the molecule is COc1ccc(Br)cc1CCc1cccc(OC)c1C(=O)NCCCN. The number of halogens is 1. The highest BCUT2D eigenvalue weighted by Crippen LogP contribution is 2.27. The van der Waals surface area contributed by atoms with E-state index in [-0.39, 0.29) is 5.91 Å². The first-order valence-corrected chi connectivity index (χ1v) is 9.36. The van der Waals surface area contributed by atoms with E-state index in [0.29, 0.717) is 30.8 Å². The maximum absolute atomic E-state index is 12.6. The zero-order chi connectivity index (χ0) is 18.9. The van der Waals surface area contributed by atoms with Crippen molar-refractivity contribution in [1.82, 2.24) is 5.32 Å². The van der Waals surface area contributed by atoms with Gasteiger partial charge in [-0.15, -0.1) is 0 Å². The van der Waals surface area contributed by atoms with E-state index < -0.39 is 0 Å². The number of nitrogens with one attached hydrogen (secondary N) is 1. The monoisotopic (exact) mass is 420 g/mol. The average molecular weight is 421 g/mol. The smallest absolute Gasteiger partial charge is 0.255 e. The molecule has 0 saturated carbocycles. The largest absolute Gasteiger partial charge is 0.496 e. The number of amides is 1. The molecule has 0 atom stereocenters. The number of hydrogen-bond donors (Lipinski definition) is 2. The summed E-state index contributed by atoms with van der Waals surface area (Å²) in [5.74, 6) is 1.28. The minimum Gasteiger partial charge on any atom is -0.496 e. The molecule has 0 spiro atoms. The van der Waals surface area contributed by atoms with E-state index in [0.717, 1.165) is 34.2 Å². The van der Waals surface area contributed by atoms with Gasteiger partial charge in [-0.25, -0.2) is 0 Å². The molecule has 26 heavy (non-hydrogen) atoms. The van der Waals surface area contributed by atoms with Crippen molar-refractivity contribution >= 4 is 21.8 Å². The molecule has 5 nitrogen and oxygen atoms in total. The lowest BCUT2D eigenvalue weighted by Gasteiger charge is -2.15. The Hall–Kier alpha value is -2.05. The zero-order valence-corrected chi connectivity index (χ0v) is 16.8. The summed E-state index contributed by atoms with van der Waals surface area (Å²) in [6.45, 7) is 1.09. The van der Waals surface area contributed by atoms with Gasteiger partial charge in [-0.2, -0.15) is 0 Å². The molecule has 6 heteroatoms. The maximum Gasteiger partial charge on any atom is 0.255 e. The van der Waals surface area contributed by atoms with Crippen LogP contribution < -0.4 is 20.5 Å². The van der Waals surface area contributed by atoms with Gasteiger partial charge in [0.2, 0.25) is 0 Å². The quantitative estimate of drug-likeness (QED) is 0.610. The van der Waals surface area contributed by atoms with E-state index >= 15 is 0 Å². The van der Waals surface area contributed by atoms with Gasteiger partial charge in [-0.3, -0.25) is 4.79 Å². The van der Waals surface area contributed by atoms with Crippen LogP contribution in [0.25, 0.3) is 0 Å². The van der Waals surface area contributed by atoms with Crippen LogP contribution in [0.4, 0.5) is 0 Å². The predicted octanol–water partition coefficient (Wildman–Crippen LogP) is 3.33. The van der Waals surface area contributed by atoms with Gasteiger partial charge in [-0.1, -0.05) is 28.1 Å². The minimum absolute atomic E-state index is 0.132. The van der Waals surface area contributed by atoms with Crippen LogP contribution >= 0.6 is 15.9 Å². The van der Waals surface area contributed by atoms with Gasteiger partial charge in [0.1, 0.15) is 11.5 Å². The van der Waals surface area contributed by atoms with Crippen molar-refractivity contribution in [3.8, 4) is 11.5 Å². The Morgan fingerprint density at radius 3 is 2.50 bits per heavy atom. The number of aryl methyl sites for hydroxylation is 2. The highest BCUT2D eigenvalue weighted by atomic mass is 79.9. The minimum atomic E-state index is -0.132. The Morgan fingerprint density at radius 1 is 1.08 bits per heavy atom. The van der Waals surface area contributed by atoms with Crippen LogP contribution in [0.5, 0.6) is 11.5 Å². The lowest BCUT2D eigenvalue weighted by atomic mass is 9.98. The Balaban J connectivity index is 2.24. The Bertz CT molecular complexity index is 750. The van der Waals surface area contributed by atoms with Crippen molar-refractivity contribution in [3.63, 3.8) is 0 Å². The van der Waals surface area contributed by atoms with Crippen LogP contribution in [0.1, 0.15) is 27.9 Å². The lowest BCUT2D eigenvalue weighted by molar-refractivity contribution is 0.0949. The molecule has 0 aliphatic heterocycles. The fraction of sp³-hybridized carbons (Fsp3) is 0.350. The first-order chi connectivity index (χ1) is 12.6. The van der Waals surface area contributed by atoms with Crippen molar-refractivity contribution < 1.29 is 14.3 Å². The molecular formula is C20H25BrN2O3. The van der Waals surface area contributed by atoms with E-state index in [4.69, 9.17) is 15.2 Å². The van der Waals surface area contributed by atoms with Crippen LogP contribution in [0.3, 0.4) is 0 Å². The van der Waals surface area contributed by atoms with Gasteiger partial charge in [0.25, 0.3) is 5.91 Å². The van der Waals surface area contributed by atoms with E-state index in [1.165, 1.54) is 0 Å². The Morgan fingerprint density at radius 2 is 1.81 bits per heavy atom. The molecule has 0 bridgehead atoms. The summed E-state index contributed by atoms with van der Waals surface area (Å²) in [6.07, 6.45) is 2.19. The molecule has 0 heterocycles. The van der Waals surface area contributed by atoms with Crippen LogP contribution in [0, 0.1) is 0 Å². The van der Waals surface area contributed by atoms with Crippen molar-refractivity contribution in [3.05, 3.63) is 57.6 Å². The van der Waals surface area contributed by atoms with Gasteiger partial charge < -0.3 is 20.5 Å². The molecule has 0 saturated heterocycles. The second-order valence-corrected chi connectivity index (χ2v) is 6.76. The molecule has 0 aromatic heterocycles. The van der Waals surface area contributed by atoms with Crippen LogP contribution in [-0.2, 0) is 12.8 Å². The first kappa shape index (κ1) is 20.3. The fourth-order valence-electron chi connectivity index (χ4n) is 2.82. The Labute approximate surface area is 163 Å². The van der Waals surface area contributed by atoms with Crippen LogP contribution in [0.2, 0.25) is 0 Å². The highest BCUT2D eigenvalue weighted by Gasteiger charge is 2.17. The molecule has 0 aliphatic carbocycles. The summed E-state index contributed by atoms with van der Waals surface area (Å²) in [6, 6.07) is 11.6. The number of methoxy groups -OCH3 is 2. The summed E-state index contributed by atoms with van der Waals surface area (Å²) < 4.78 is 11.9. The molecule has 3 N–H and O–H groups in total. The highest BCUT2D eigenvalue weighted by molar-refractivity contribution is 9.10. The average Bonchev–Trinajstić information content (AvgIpc) is 2.66. The number of hydrogen-bond acceptors (Lipinski definition) is 4. The molecule has 140 valence electrons. The standard InChI is InChI=1S/C20H25BrN2O3/c1-25-17-10-9-16(21)13-15(17)8-7-14-5-3-6-18(26-2)19(14)20(24)23-12-4-11-22/h3,5-6,9-10,13H,4,7-8,11-12,22H2,1-2H3,(H,23,24). The molecule has 2 aromatic carbocycles. The number of carbonyl (C=O) groups excluding carboxylic acids is 1. The van der Waals surface area contributed by atoms with Gasteiger partial charge in [-0.05, 0) is 61.2 Å². The molecule has 0 unspecified atom stereocenters. The molecule has 0 aliphatic rings. The third-order valence-corrected chi connectivity index (χ3v) is 4.63. The lowest BCUT2D eigenvalue weighted by Crippen LogP contribution is -2.27. The van der Waals surface area contributed by atoms with Gasteiger partial charge in [0, 0.05) is 11.0 Å². The molecule has 2 rings (SSSR count). The summed E-state index contributed by atoms with van der Waals surface area (Å²) in [7, 11) is 3.24. The first-order valence-electron chi connectivity index (χ1n) is 8.57. The Kier molecular flexibility index (Phi) is 7.94. The fourth-order valence-corrected chi connectivity index (χ4v) is 3.23. The molecular weight excluding hydrogens is 396 g/mol. The second kappa shape index (κ2) is 10.2. The zero-order valence-electron chi connectivity index (χ0n) is 15.2. The molecule has 1 amide bonds. The van der Waals surface area contributed by atoms with Gasteiger partial charge in [0.05, 0.1) is 19.8 Å². The van der Waals surface area contributed by atoms with Crippen LogP contribution in [0.15, 0.2) is 40.9 Å².